The number of nitrogens with one attached hydrogen (secondary N) is 2. The summed E-state index contributed by atoms with van der Waals surface area (Å²) in [4.78, 5) is 0. The predicted molar refractivity (Wildman–Crippen MR) is 118 cm³/mol. The Morgan fingerprint density at radius 1 is 1.04 bits per heavy atom. The molecule has 0 saturated heterocycles. The molecule has 0 unspecified atom stereocenters. The van der Waals surface area contributed by atoms with Gasteiger partial charge in [0.15, 0.2) is 5.11 Å². The topological polar surface area (TPSA) is 41.9 Å². The van der Waals surface area contributed by atoms with E-state index in [1.807, 2.05) is 36.7 Å². The minimum absolute atomic E-state index is 0.468. The van der Waals surface area contributed by atoms with Gasteiger partial charge in [-0.2, -0.15) is 5.10 Å². The van der Waals surface area contributed by atoms with Crippen molar-refractivity contribution in [1.82, 2.24) is 9.78 Å². The van der Waals surface area contributed by atoms with Crippen LogP contribution in [0.25, 0.3) is 0 Å². The lowest BCUT2D eigenvalue weighted by molar-refractivity contribution is 0.657. The van der Waals surface area contributed by atoms with Crippen molar-refractivity contribution in [2.24, 2.45) is 0 Å². The van der Waals surface area contributed by atoms with Gasteiger partial charge in [0.1, 0.15) is 0 Å². The number of aryl methyl sites for hydroxylation is 2. The van der Waals surface area contributed by atoms with Gasteiger partial charge in [-0.05, 0) is 62.3 Å². The highest BCUT2D eigenvalue weighted by molar-refractivity contribution is 7.80. The minimum Gasteiger partial charge on any atom is -0.332 e. The van der Waals surface area contributed by atoms with Gasteiger partial charge in [-0.3, -0.25) is 4.68 Å². The fourth-order valence-electron chi connectivity index (χ4n) is 2.83. The molecule has 2 N–H and O–H groups in total. The number of nitrogens with zero attached hydrogens (tertiary/aromatic N) is 2. The van der Waals surface area contributed by atoms with E-state index in [1.165, 1.54) is 11.1 Å². The lowest BCUT2D eigenvalue weighted by atomic mass is 10.1. The van der Waals surface area contributed by atoms with Crippen LogP contribution in [-0.4, -0.2) is 14.9 Å². The zero-order valence-corrected chi connectivity index (χ0v) is 17.6. The quantitative estimate of drug-likeness (QED) is 0.511. The summed E-state index contributed by atoms with van der Waals surface area (Å²) < 4.78 is 1.99. The Kier molecular flexibility index (Phi) is 6.05. The minimum atomic E-state index is 0.468. The molecule has 27 heavy (non-hydrogen) atoms. The summed E-state index contributed by atoms with van der Waals surface area (Å²) in [6, 6.07) is 13.6. The van der Waals surface area contributed by atoms with Crippen LogP contribution < -0.4 is 10.6 Å². The van der Waals surface area contributed by atoms with Crippen LogP contribution in [0.2, 0.25) is 10.0 Å². The summed E-state index contributed by atoms with van der Waals surface area (Å²) in [5.41, 5.74) is 6.07. The Morgan fingerprint density at radius 2 is 1.78 bits per heavy atom. The van der Waals surface area contributed by atoms with Gasteiger partial charge in [0.2, 0.25) is 0 Å². The van der Waals surface area contributed by atoms with Crippen LogP contribution in [0.3, 0.4) is 0 Å². The maximum absolute atomic E-state index is 6.05. The summed E-state index contributed by atoms with van der Waals surface area (Å²) in [5, 5.41) is 12.5. The summed E-state index contributed by atoms with van der Waals surface area (Å²) in [5.74, 6) is 0. The normalized spacial score (nSPS) is 10.7. The van der Waals surface area contributed by atoms with Crippen LogP contribution in [0.15, 0.2) is 42.5 Å². The maximum Gasteiger partial charge on any atom is 0.175 e. The number of anilines is 2. The molecule has 3 rings (SSSR count). The van der Waals surface area contributed by atoms with Crippen LogP contribution in [-0.2, 0) is 6.54 Å². The lowest BCUT2D eigenvalue weighted by Gasteiger charge is -2.12. The molecule has 0 saturated carbocycles. The van der Waals surface area contributed by atoms with Gasteiger partial charge in [0, 0.05) is 5.69 Å². The second-order valence-corrected chi connectivity index (χ2v) is 7.56. The molecule has 1 aromatic heterocycles. The van der Waals surface area contributed by atoms with Gasteiger partial charge in [-0.15, -0.1) is 0 Å². The first-order valence-electron chi connectivity index (χ1n) is 8.46. The monoisotopic (exact) mass is 418 g/mol. The van der Waals surface area contributed by atoms with Gasteiger partial charge in [0.25, 0.3) is 0 Å². The number of benzene rings is 2. The van der Waals surface area contributed by atoms with Gasteiger partial charge in [-0.1, -0.05) is 47.5 Å². The molecule has 1 heterocycles. The molecular weight excluding hydrogens is 399 g/mol. The van der Waals surface area contributed by atoms with Crippen LogP contribution in [0, 0.1) is 20.8 Å². The Hall–Kier alpha value is -2.08. The fraction of sp³-hybridized carbons (Fsp3) is 0.200. The van der Waals surface area contributed by atoms with Crippen molar-refractivity contribution in [2.75, 3.05) is 10.6 Å². The molecule has 0 bridgehead atoms. The molecule has 0 fully saturated rings. The lowest BCUT2D eigenvalue weighted by Crippen LogP contribution is -2.20. The maximum atomic E-state index is 6.05. The number of aromatic nitrogens is 2. The molecule has 4 nitrogen and oxygen atoms in total. The van der Waals surface area contributed by atoms with Crippen molar-refractivity contribution in [2.45, 2.75) is 27.3 Å². The number of thiocarbonyl (C=S) groups is 1. The van der Waals surface area contributed by atoms with E-state index in [4.69, 9.17) is 35.4 Å². The van der Waals surface area contributed by atoms with Crippen molar-refractivity contribution in [3.8, 4) is 0 Å². The zero-order valence-electron chi connectivity index (χ0n) is 15.3. The van der Waals surface area contributed by atoms with Crippen LogP contribution in [0.1, 0.15) is 22.5 Å². The van der Waals surface area contributed by atoms with E-state index in [-0.39, 0.29) is 0 Å². The van der Waals surface area contributed by atoms with E-state index < -0.39 is 0 Å². The van der Waals surface area contributed by atoms with Crippen molar-refractivity contribution in [1.29, 1.82) is 0 Å². The highest BCUT2D eigenvalue weighted by Crippen LogP contribution is 2.26. The van der Waals surface area contributed by atoms with E-state index in [1.54, 1.807) is 12.1 Å². The van der Waals surface area contributed by atoms with E-state index in [0.29, 0.717) is 21.7 Å². The van der Waals surface area contributed by atoms with Gasteiger partial charge < -0.3 is 10.6 Å². The van der Waals surface area contributed by atoms with Gasteiger partial charge in [0.05, 0.1) is 33.7 Å². The van der Waals surface area contributed by atoms with Crippen molar-refractivity contribution >= 4 is 51.9 Å². The average molecular weight is 419 g/mol. The molecule has 0 amide bonds. The Balaban J connectivity index is 1.75. The third-order valence-electron chi connectivity index (χ3n) is 4.38. The second-order valence-electron chi connectivity index (χ2n) is 6.34. The SMILES string of the molecule is Cc1ccccc1Cn1nc(C)c(NC(=S)Nc2ccc(Cl)c(Cl)c2)c1C. The standard InChI is InChI=1S/C20H20Cl2N4S/c1-12-6-4-5-7-15(12)11-26-14(3)19(13(2)25-26)24-20(27)23-16-8-9-17(21)18(22)10-16/h4-10H,11H2,1-3H3,(H2,23,24,27). The van der Waals surface area contributed by atoms with Crippen molar-refractivity contribution in [3.05, 3.63) is 75.0 Å². The Labute approximate surface area is 174 Å². The highest BCUT2D eigenvalue weighted by Gasteiger charge is 2.14. The fourth-order valence-corrected chi connectivity index (χ4v) is 3.35. The number of hydrogen-bond donors (Lipinski definition) is 2. The van der Waals surface area contributed by atoms with E-state index in [2.05, 4.69) is 34.8 Å². The molecule has 0 aliphatic heterocycles. The molecule has 3 aromatic rings. The molecule has 0 spiro atoms. The van der Waals surface area contributed by atoms with Crippen LogP contribution in [0.4, 0.5) is 11.4 Å². The third-order valence-corrected chi connectivity index (χ3v) is 5.32. The van der Waals surface area contributed by atoms with Crippen molar-refractivity contribution < 1.29 is 0 Å². The molecule has 0 radical (unpaired) electrons. The summed E-state index contributed by atoms with van der Waals surface area (Å²) in [6.45, 7) is 6.82. The van der Waals surface area contributed by atoms with Crippen molar-refractivity contribution in [3.63, 3.8) is 0 Å². The number of halogens is 2. The van der Waals surface area contributed by atoms with E-state index >= 15 is 0 Å². The number of rotatable bonds is 4. The average Bonchev–Trinajstić information content (AvgIpc) is 2.88. The highest BCUT2D eigenvalue weighted by atomic mass is 35.5. The summed E-state index contributed by atoms with van der Waals surface area (Å²) in [6.07, 6.45) is 0. The number of hydrogen-bond acceptors (Lipinski definition) is 2. The first kappa shape index (κ1) is 19.7. The van der Waals surface area contributed by atoms with Gasteiger partial charge in [-0.25, -0.2) is 0 Å². The molecule has 0 atom stereocenters. The second kappa shape index (κ2) is 8.30. The Morgan fingerprint density at radius 3 is 2.48 bits per heavy atom. The molecule has 7 heteroatoms. The third kappa shape index (κ3) is 4.61. The van der Waals surface area contributed by atoms with Gasteiger partial charge >= 0.3 is 0 Å². The van der Waals surface area contributed by atoms with E-state index in [9.17, 15) is 0 Å². The zero-order chi connectivity index (χ0) is 19.6. The smallest absolute Gasteiger partial charge is 0.175 e. The summed E-state index contributed by atoms with van der Waals surface area (Å²) >= 11 is 17.4. The molecule has 2 aromatic carbocycles. The predicted octanol–water partition coefficient (Wildman–Crippen LogP) is 5.97. The van der Waals surface area contributed by atoms with Crippen LogP contribution >= 0.6 is 35.4 Å². The first-order valence-corrected chi connectivity index (χ1v) is 9.63. The molecular formula is C20H20Cl2N4S. The first-order chi connectivity index (χ1) is 12.8. The largest absolute Gasteiger partial charge is 0.332 e. The van der Waals surface area contributed by atoms with E-state index in [0.717, 1.165) is 22.8 Å². The molecule has 140 valence electrons. The molecule has 0 aliphatic rings. The Bertz CT molecular complexity index is 998. The summed E-state index contributed by atoms with van der Waals surface area (Å²) in [7, 11) is 0. The molecule has 0 aliphatic carbocycles. The van der Waals surface area contributed by atoms with Crippen LogP contribution in [0.5, 0.6) is 0 Å².